The number of nitrogens with one attached hydrogen (secondary N) is 1. The van der Waals surface area contributed by atoms with Gasteiger partial charge in [0.15, 0.2) is 6.04 Å². The average molecular weight is 405 g/mol. The molecule has 3 aliphatic rings. The predicted molar refractivity (Wildman–Crippen MR) is 111 cm³/mol. The molecule has 3 saturated heterocycles. The van der Waals surface area contributed by atoms with Crippen LogP contribution in [-0.2, 0) is 9.59 Å². The van der Waals surface area contributed by atoms with Crippen molar-refractivity contribution in [1.82, 2.24) is 0 Å². The van der Waals surface area contributed by atoms with E-state index in [0.717, 1.165) is 29.8 Å². The van der Waals surface area contributed by atoms with Crippen molar-refractivity contribution < 1.29 is 24.0 Å². The van der Waals surface area contributed by atoms with Gasteiger partial charge in [0.25, 0.3) is 0 Å². The second kappa shape index (κ2) is 7.06. The summed E-state index contributed by atoms with van der Waals surface area (Å²) in [7, 11) is 1.58. The molecule has 2 aromatic rings. The predicted octanol–water partition coefficient (Wildman–Crippen LogP) is 1.42. The van der Waals surface area contributed by atoms with Gasteiger partial charge < -0.3 is 9.64 Å². The highest BCUT2D eigenvalue weighted by molar-refractivity contribution is 6.24. The summed E-state index contributed by atoms with van der Waals surface area (Å²) in [4.78, 5) is 42.8. The van der Waals surface area contributed by atoms with E-state index in [1.165, 1.54) is 4.90 Å². The number of carbonyl (C=O) groups is 3. The van der Waals surface area contributed by atoms with Crippen LogP contribution in [0, 0.1) is 18.8 Å². The summed E-state index contributed by atoms with van der Waals surface area (Å²) >= 11 is 0. The van der Waals surface area contributed by atoms with Gasteiger partial charge in [-0.05, 0) is 43.3 Å². The van der Waals surface area contributed by atoms with E-state index in [9.17, 15) is 14.4 Å². The van der Waals surface area contributed by atoms with Gasteiger partial charge in [0.05, 0.1) is 19.3 Å². The molecule has 5 atom stereocenters. The van der Waals surface area contributed by atoms with Crippen molar-refractivity contribution in [2.24, 2.45) is 11.8 Å². The number of aryl methyl sites for hydroxylation is 1. The summed E-state index contributed by atoms with van der Waals surface area (Å²) in [5, 5.41) is 0. The maximum atomic E-state index is 13.5. The highest BCUT2D eigenvalue weighted by Gasteiger charge is 2.68. The molecule has 0 aliphatic carbocycles. The molecule has 3 heterocycles. The highest BCUT2D eigenvalue weighted by atomic mass is 16.5. The third-order valence-corrected chi connectivity index (χ3v) is 7.00. The van der Waals surface area contributed by atoms with E-state index in [-0.39, 0.29) is 23.6 Å². The Morgan fingerprint density at radius 2 is 1.67 bits per heavy atom. The Balaban J connectivity index is 1.52. The number of Topliss-reactive ketones (excluding diaryl/α,β-unsaturated/α-hetero) is 1. The Labute approximate surface area is 175 Å². The van der Waals surface area contributed by atoms with Crippen LogP contribution in [0.2, 0.25) is 0 Å². The minimum atomic E-state index is -0.589. The Kier molecular flexibility index (Phi) is 4.47. The van der Waals surface area contributed by atoms with Crippen molar-refractivity contribution in [1.29, 1.82) is 0 Å². The van der Waals surface area contributed by atoms with Gasteiger partial charge >= 0.3 is 0 Å². The van der Waals surface area contributed by atoms with E-state index < -0.39 is 17.9 Å². The van der Waals surface area contributed by atoms with E-state index in [2.05, 4.69) is 0 Å². The Morgan fingerprint density at radius 3 is 2.33 bits per heavy atom. The topological polar surface area (TPSA) is 68.1 Å². The first-order valence-corrected chi connectivity index (χ1v) is 10.5. The van der Waals surface area contributed by atoms with Crippen LogP contribution >= 0.6 is 0 Å². The lowest BCUT2D eigenvalue weighted by Crippen LogP contribution is -3.16. The van der Waals surface area contributed by atoms with Gasteiger partial charge in [0.1, 0.15) is 23.6 Å². The molecule has 2 amide bonds. The molecule has 154 valence electrons. The first-order chi connectivity index (χ1) is 14.5. The van der Waals surface area contributed by atoms with Gasteiger partial charge in [0.2, 0.25) is 17.6 Å². The SMILES string of the molecule is COc1ccc(C(=O)[C@@H]2[C@@H]3C(=O)N(c4ccc(C)cc4)C(=O)[C@H]3[C@H]3CCC[NH+]32)cc1. The minimum Gasteiger partial charge on any atom is -0.497 e. The van der Waals surface area contributed by atoms with Crippen molar-refractivity contribution in [3.05, 3.63) is 59.7 Å². The Hall–Kier alpha value is -2.99. The summed E-state index contributed by atoms with van der Waals surface area (Å²) < 4.78 is 5.19. The number of amides is 2. The molecule has 1 N–H and O–H groups in total. The summed E-state index contributed by atoms with van der Waals surface area (Å²) in [6, 6.07) is 14.0. The fourth-order valence-corrected chi connectivity index (χ4v) is 5.62. The second-order valence-electron chi connectivity index (χ2n) is 8.54. The molecule has 30 heavy (non-hydrogen) atoms. The van der Waals surface area contributed by atoms with Crippen LogP contribution in [0.25, 0.3) is 0 Å². The number of hydrogen-bond acceptors (Lipinski definition) is 4. The highest BCUT2D eigenvalue weighted by Crippen LogP contribution is 2.40. The molecule has 0 radical (unpaired) electrons. The van der Waals surface area contributed by atoms with Crippen molar-refractivity contribution in [3.8, 4) is 5.75 Å². The molecule has 5 rings (SSSR count). The zero-order valence-electron chi connectivity index (χ0n) is 17.1. The van der Waals surface area contributed by atoms with Gasteiger partial charge in [-0.3, -0.25) is 14.4 Å². The third-order valence-electron chi connectivity index (χ3n) is 7.00. The number of benzene rings is 2. The molecule has 2 aromatic carbocycles. The smallest absolute Gasteiger partial charge is 0.244 e. The number of ketones is 1. The Bertz CT molecular complexity index is 1010. The second-order valence-corrected chi connectivity index (χ2v) is 8.54. The molecule has 1 unspecified atom stereocenters. The summed E-state index contributed by atoms with van der Waals surface area (Å²) in [6.07, 6.45) is 1.85. The zero-order valence-corrected chi connectivity index (χ0v) is 17.1. The first kappa shape index (κ1) is 19.0. The molecule has 0 spiro atoms. The van der Waals surface area contributed by atoms with Crippen LogP contribution < -0.4 is 14.5 Å². The fourth-order valence-electron chi connectivity index (χ4n) is 5.62. The number of anilines is 1. The molecule has 0 bridgehead atoms. The minimum absolute atomic E-state index is 0.0362. The maximum absolute atomic E-state index is 13.5. The van der Waals surface area contributed by atoms with Crippen molar-refractivity contribution in [2.75, 3.05) is 18.6 Å². The van der Waals surface area contributed by atoms with Gasteiger partial charge in [0, 0.05) is 18.4 Å². The Morgan fingerprint density at radius 1 is 1.00 bits per heavy atom. The van der Waals surface area contributed by atoms with Gasteiger partial charge in [-0.1, -0.05) is 17.7 Å². The number of fused-ring (bicyclic) bond motifs is 3. The van der Waals surface area contributed by atoms with Crippen LogP contribution in [-0.4, -0.2) is 43.3 Å². The number of carbonyl (C=O) groups excluding carboxylic acids is 3. The molecule has 6 heteroatoms. The van der Waals surface area contributed by atoms with E-state index in [1.807, 2.05) is 31.2 Å². The number of nitrogens with zero attached hydrogens (tertiary/aromatic N) is 1. The number of rotatable bonds is 4. The molecule has 0 aromatic heterocycles. The number of hydrogen-bond donors (Lipinski definition) is 1. The van der Waals surface area contributed by atoms with Gasteiger partial charge in [-0.2, -0.15) is 0 Å². The van der Waals surface area contributed by atoms with Crippen molar-refractivity contribution >= 4 is 23.3 Å². The van der Waals surface area contributed by atoms with Crippen molar-refractivity contribution in [2.45, 2.75) is 31.8 Å². The van der Waals surface area contributed by atoms with Crippen LogP contribution in [0.3, 0.4) is 0 Å². The van der Waals surface area contributed by atoms with Gasteiger partial charge in [-0.25, -0.2) is 4.90 Å². The average Bonchev–Trinajstić information content (AvgIpc) is 3.41. The first-order valence-electron chi connectivity index (χ1n) is 10.5. The van der Waals surface area contributed by atoms with E-state index in [1.54, 1.807) is 31.4 Å². The third kappa shape index (κ3) is 2.70. The molecule has 0 saturated carbocycles. The fraction of sp³-hybridized carbons (Fsp3) is 0.375. The molecule has 3 aliphatic heterocycles. The van der Waals surface area contributed by atoms with Gasteiger partial charge in [-0.15, -0.1) is 0 Å². The molecule has 3 fully saturated rings. The summed E-state index contributed by atoms with van der Waals surface area (Å²) in [6.45, 7) is 2.80. The largest absolute Gasteiger partial charge is 0.497 e. The lowest BCUT2D eigenvalue weighted by Gasteiger charge is -2.25. The molecular weight excluding hydrogens is 380 g/mol. The molecule has 6 nitrogen and oxygen atoms in total. The number of ether oxygens (including phenoxy) is 1. The van der Waals surface area contributed by atoms with Crippen molar-refractivity contribution in [3.63, 3.8) is 0 Å². The van der Waals surface area contributed by atoms with E-state index >= 15 is 0 Å². The van der Waals surface area contributed by atoms with Crippen LogP contribution in [0.15, 0.2) is 48.5 Å². The summed E-state index contributed by atoms with van der Waals surface area (Å²) in [5.41, 5.74) is 2.23. The monoisotopic (exact) mass is 405 g/mol. The van der Waals surface area contributed by atoms with E-state index in [4.69, 9.17) is 4.74 Å². The number of quaternary nitrogens is 1. The standard InChI is InChI=1S/C24H24N2O4/c1-14-5-9-16(10-6-14)26-23(28)19-18-4-3-13-25(18)21(20(19)24(26)29)22(27)15-7-11-17(30-2)12-8-15/h5-12,18-21H,3-4,13H2,1-2H3/p+1/t18-,19+,20-,21+/m1/s1. The lowest BCUT2D eigenvalue weighted by molar-refractivity contribution is -0.915. The quantitative estimate of drug-likeness (QED) is 0.617. The molecular formula is C24H25N2O4+. The van der Waals surface area contributed by atoms with E-state index in [0.29, 0.717) is 17.0 Å². The number of methoxy groups -OCH3 is 1. The zero-order chi connectivity index (χ0) is 21.0. The van der Waals surface area contributed by atoms with Crippen LogP contribution in [0.5, 0.6) is 5.75 Å². The van der Waals surface area contributed by atoms with Crippen LogP contribution in [0.4, 0.5) is 5.69 Å². The summed E-state index contributed by atoms with van der Waals surface area (Å²) in [5.74, 6) is -0.762. The lowest BCUT2D eigenvalue weighted by atomic mass is 9.85. The maximum Gasteiger partial charge on any atom is 0.244 e. The number of imide groups is 1. The normalized spacial score (nSPS) is 29.8. The van der Waals surface area contributed by atoms with Crippen LogP contribution in [0.1, 0.15) is 28.8 Å².